The Hall–Kier alpha value is -3.01. The Bertz CT molecular complexity index is 1540. The average Bonchev–Trinajstić information content (AvgIpc) is 3.69. The fourth-order valence-electron chi connectivity index (χ4n) is 6.39. The Balaban J connectivity index is 0.00000541. The van der Waals surface area contributed by atoms with Crippen LogP contribution < -0.4 is 14.9 Å². The molecule has 2 atom stereocenters. The molecule has 0 radical (unpaired) electrons. The van der Waals surface area contributed by atoms with E-state index in [0.29, 0.717) is 30.8 Å². The number of alkyl halides is 6. The minimum atomic E-state index is -4.98. The van der Waals surface area contributed by atoms with Crippen molar-refractivity contribution >= 4 is 34.8 Å². The number of aliphatic hydroxyl groups excluding tert-OH is 1. The van der Waals surface area contributed by atoms with E-state index in [0.717, 1.165) is 36.8 Å². The standard InChI is InChI=1S/C34H39F6N3O4S.ClH/c35-33(36,37)27-13-23(14-28(19-27)34(38,39)40)20-41-21-31(44)30(15-22-7-2-1-3-8-22)42-32(45)26-16-25(24-9-4-5-10-24)17-29(18-26)43-11-6-12-48(43,46)47;/h1-3,7-8,13-14,16-19,24,30-31,41,44,46-47H,4-6,9-12,15,20-21H2,(H,42,45);1H/t30-,31+;/m0./s1. The molecular weight excluding hydrogens is 696 g/mol. The Labute approximate surface area is 289 Å². The monoisotopic (exact) mass is 735 g/mol. The van der Waals surface area contributed by atoms with Crippen LogP contribution in [-0.4, -0.2) is 51.1 Å². The molecule has 1 saturated carbocycles. The van der Waals surface area contributed by atoms with E-state index >= 15 is 0 Å². The Kier molecular flexibility index (Phi) is 12.6. The SMILES string of the molecule is Cl.O=C(N[C@@H](Cc1ccccc1)[C@H](O)CNCc1cc(C(F)(F)F)cc(C(F)(F)F)c1)c1cc(C2CCCC2)cc(N2CCCS2(O)O)c1. The van der Waals surface area contributed by atoms with Crippen molar-refractivity contribution in [3.63, 3.8) is 0 Å². The molecule has 270 valence electrons. The topological polar surface area (TPSA) is 105 Å². The number of aliphatic hydroxyl groups is 1. The molecule has 0 spiro atoms. The van der Waals surface area contributed by atoms with Crippen molar-refractivity contribution in [1.29, 1.82) is 0 Å². The first-order chi connectivity index (χ1) is 22.6. The maximum atomic E-state index is 13.8. The highest BCUT2D eigenvalue weighted by Crippen LogP contribution is 2.51. The molecule has 15 heteroatoms. The Morgan fingerprint density at radius 3 is 2.08 bits per heavy atom. The van der Waals surface area contributed by atoms with Crippen molar-refractivity contribution in [3.05, 3.63) is 100 Å². The number of hydrogen-bond acceptors (Lipinski definition) is 6. The molecule has 3 aromatic carbocycles. The van der Waals surface area contributed by atoms with Crippen LogP contribution in [-0.2, 0) is 25.3 Å². The highest BCUT2D eigenvalue weighted by molar-refractivity contribution is 8.25. The highest BCUT2D eigenvalue weighted by atomic mass is 35.5. The molecule has 49 heavy (non-hydrogen) atoms. The lowest BCUT2D eigenvalue weighted by Gasteiger charge is -2.38. The van der Waals surface area contributed by atoms with Crippen molar-refractivity contribution < 1.29 is 45.3 Å². The summed E-state index contributed by atoms with van der Waals surface area (Å²) in [6.45, 7) is -0.225. The summed E-state index contributed by atoms with van der Waals surface area (Å²) in [4.78, 5) is 13.8. The van der Waals surface area contributed by atoms with Gasteiger partial charge < -0.3 is 15.7 Å². The largest absolute Gasteiger partial charge is 0.416 e. The van der Waals surface area contributed by atoms with Crippen LogP contribution in [0.1, 0.15) is 76.2 Å². The zero-order chi connectivity index (χ0) is 34.7. The second-order valence-corrected chi connectivity index (χ2v) is 14.6. The molecule has 1 saturated heterocycles. The first-order valence-corrected chi connectivity index (χ1v) is 17.5. The first kappa shape index (κ1) is 38.8. The highest BCUT2D eigenvalue weighted by Gasteiger charge is 2.37. The van der Waals surface area contributed by atoms with E-state index in [4.69, 9.17) is 0 Å². The molecule has 1 amide bonds. The third-order valence-corrected chi connectivity index (χ3v) is 10.8. The average molecular weight is 736 g/mol. The molecule has 0 aromatic heterocycles. The van der Waals surface area contributed by atoms with Crippen molar-refractivity contribution in [3.8, 4) is 0 Å². The summed E-state index contributed by atoms with van der Waals surface area (Å²) in [6.07, 6.45) is -6.51. The summed E-state index contributed by atoms with van der Waals surface area (Å²) in [7, 11) is -3.03. The maximum Gasteiger partial charge on any atom is 0.416 e. The lowest BCUT2D eigenvalue weighted by Crippen LogP contribution is -2.48. The lowest BCUT2D eigenvalue weighted by atomic mass is 9.94. The number of carbonyl (C=O) groups is 1. The van der Waals surface area contributed by atoms with Crippen LogP contribution in [0.2, 0.25) is 0 Å². The predicted octanol–water partition coefficient (Wildman–Crippen LogP) is 8.17. The van der Waals surface area contributed by atoms with Gasteiger partial charge in [-0.2, -0.15) is 26.3 Å². The number of anilines is 1. The molecule has 5 rings (SSSR count). The van der Waals surface area contributed by atoms with Gasteiger partial charge in [0, 0.05) is 25.2 Å². The second-order valence-electron chi connectivity index (χ2n) is 12.5. The molecule has 0 unspecified atom stereocenters. The third-order valence-electron chi connectivity index (χ3n) is 8.86. The van der Waals surface area contributed by atoms with Gasteiger partial charge in [-0.1, -0.05) is 43.2 Å². The fourth-order valence-corrected chi connectivity index (χ4v) is 7.99. The summed E-state index contributed by atoms with van der Waals surface area (Å²) in [5.41, 5.74) is -0.630. The van der Waals surface area contributed by atoms with Crippen LogP contribution in [0.5, 0.6) is 0 Å². The van der Waals surface area contributed by atoms with Gasteiger partial charge in [0.1, 0.15) is 0 Å². The van der Waals surface area contributed by atoms with Crippen LogP contribution in [0.15, 0.2) is 66.7 Å². The molecule has 1 heterocycles. The maximum absolute atomic E-state index is 13.8. The van der Waals surface area contributed by atoms with Gasteiger partial charge in [-0.05, 0) is 84.7 Å². The molecule has 0 bridgehead atoms. The van der Waals surface area contributed by atoms with Gasteiger partial charge in [-0.15, -0.1) is 23.2 Å². The number of nitrogens with one attached hydrogen (secondary N) is 2. The van der Waals surface area contributed by atoms with E-state index in [1.165, 1.54) is 0 Å². The van der Waals surface area contributed by atoms with Gasteiger partial charge in [-0.25, -0.2) is 0 Å². The minimum absolute atomic E-state index is 0. The van der Waals surface area contributed by atoms with E-state index in [9.17, 15) is 45.3 Å². The number of nitrogens with zero attached hydrogens (tertiary/aromatic N) is 1. The Morgan fingerprint density at radius 1 is 0.878 bits per heavy atom. The van der Waals surface area contributed by atoms with Crippen molar-refractivity contribution in [2.45, 2.75) is 75.5 Å². The van der Waals surface area contributed by atoms with Gasteiger partial charge >= 0.3 is 12.4 Å². The molecule has 1 aliphatic carbocycles. The van der Waals surface area contributed by atoms with Crippen LogP contribution in [0.25, 0.3) is 0 Å². The number of benzene rings is 3. The summed E-state index contributed by atoms with van der Waals surface area (Å²) in [6, 6.07) is 14.7. The normalized spacial score (nSPS) is 18.5. The quantitative estimate of drug-likeness (QED) is 0.127. The molecule has 2 aliphatic rings. The molecular formula is C34H40ClF6N3O4S. The molecule has 2 fully saturated rings. The van der Waals surface area contributed by atoms with Crippen molar-refractivity contribution in [1.82, 2.24) is 10.6 Å². The third kappa shape index (κ3) is 10.0. The number of halogens is 7. The fraction of sp³-hybridized carbons (Fsp3) is 0.441. The second kappa shape index (κ2) is 15.9. The van der Waals surface area contributed by atoms with E-state index in [1.54, 1.807) is 46.8 Å². The summed E-state index contributed by atoms with van der Waals surface area (Å²) in [5, 5.41) is 16.9. The predicted molar refractivity (Wildman–Crippen MR) is 180 cm³/mol. The first-order valence-electron chi connectivity index (χ1n) is 15.8. The molecule has 7 nitrogen and oxygen atoms in total. The van der Waals surface area contributed by atoms with Crippen LogP contribution in [0, 0.1) is 0 Å². The zero-order valence-corrected chi connectivity index (χ0v) is 28.1. The zero-order valence-electron chi connectivity index (χ0n) is 26.4. The number of hydrogen-bond donors (Lipinski definition) is 5. The number of amides is 1. The van der Waals surface area contributed by atoms with Gasteiger partial charge in [0.05, 0.1) is 34.7 Å². The summed E-state index contributed by atoms with van der Waals surface area (Å²) >= 11 is 0. The van der Waals surface area contributed by atoms with Crippen LogP contribution >= 0.6 is 23.2 Å². The van der Waals surface area contributed by atoms with E-state index in [2.05, 4.69) is 10.6 Å². The van der Waals surface area contributed by atoms with Gasteiger partial charge in [0.2, 0.25) is 0 Å². The Morgan fingerprint density at radius 2 is 1.51 bits per heavy atom. The number of carbonyl (C=O) groups excluding carboxylic acids is 1. The van der Waals surface area contributed by atoms with Gasteiger partial charge in [-0.3, -0.25) is 18.2 Å². The smallest absolute Gasteiger partial charge is 0.390 e. The van der Waals surface area contributed by atoms with Gasteiger partial charge in [0.15, 0.2) is 0 Å². The van der Waals surface area contributed by atoms with Gasteiger partial charge in [0.25, 0.3) is 5.91 Å². The van der Waals surface area contributed by atoms with Crippen LogP contribution in [0.4, 0.5) is 32.0 Å². The van der Waals surface area contributed by atoms with E-state index < -0.39 is 58.9 Å². The molecule has 5 N–H and O–H groups in total. The van der Waals surface area contributed by atoms with Crippen molar-refractivity contribution in [2.24, 2.45) is 0 Å². The van der Waals surface area contributed by atoms with Crippen LogP contribution in [0.3, 0.4) is 0 Å². The molecule has 3 aromatic rings. The minimum Gasteiger partial charge on any atom is -0.390 e. The number of rotatable bonds is 11. The lowest BCUT2D eigenvalue weighted by molar-refractivity contribution is -0.143. The summed E-state index contributed by atoms with van der Waals surface area (Å²) in [5.74, 6) is -0.0672. The van der Waals surface area contributed by atoms with E-state index in [-0.39, 0.29) is 54.2 Å². The molecule has 1 aliphatic heterocycles. The van der Waals surface area contributed by atoms with Crippen molar-refractivity contribution in [2.75, 3.05) is 23.1 Å². The van der Waals surface area contributed by atoms with E-state index in [1.807, 2.05) is 6.07 Å². The summed E-state index contributed by atoms with van der Waals surface area (Å²) < 4.78 is 103.